The van der Waals surface area contributed by atoms with Crippen LogP contribution in [0.4, 0.5) is 5.88 Å². The van der Waals surface area contributed by atoms with E-state index in [-0.39, 0.29) is 0 Å². The third-order valence-electron chi connectivity index (χ3n) is 3.35. The molecule has 1 heterocycles. The van der Waals surface area contributed by atoms with Gasteiger partial charge in [0, 0.05) is 11.5 Å². The smallest absolute Gasteiger partial charge is 0.225 e. The summed E-state index contributed by atoms with van der Waals surface area (Å²) < 4.78 is 5.14. The van der Waals surface area contributed by atoms with Crippen LogP contribution in [0.3, 0.4) is 0 Å². The van der Waals surface area contributed by atoms with Crippen LogP contribution in [0.5, 0.6) is 0 Å². The normalized spacial score (nSPS) is 18.6. The van der Waals surface area contributed by atoms with E-state index in [0.717, 1.165) is 11.3 Å². The molecule has 1 aliphatic rings. The van der Waals surface area contributed by atoms with Crippen LogP contribution in [0.15, 0.2) is 4.52 Å². The van der Waals surface area contributed by atoms with Gasteiger partial charge < -0.3 is 10.3 Å². The number of rotatable bonds is 2. The molecule has 2 rings (SSSR count). The summed E-state index contributed by atoms with van der Waals surface area (Å²) >= 11 is 0. The Morgan fingerprint density at radius 1 is 1.27 bits per heavy atom. The number of nitrogens with zero attached hydrogens (tertiary/aromatic N) is 1. The van der Waals surface area contributed by atoms with Gasteiger partial charge in [0.05, 0.1) is 5.69 Å². The maximum Gasteiger partial charge on any atom is 0.225 e. The standard InChI is InChI=1S/C12H20N2O/c1-8(2)10-11(14-15-12(10)13)9-6-4-3-5-7-9/h8-9H,3-7,13H2,1-2H3. The SMILES string of the molecule is CC(C)c1c(C2CCCCC2)noc1N. The van der Waals surface area contributed by atoms with Crippen LogP contribution in [0.25, 0.3) is 0 Å². The predicted molar refractivity (Wildman–Crippen MR) is 60.8 cm³/mol. The molecule has 0 unspecified atom stereocenters. The molecular weight excluding hydrogens is 188 g/mol. The highest BCUT2D eigenvalue weighted by Gasteiger charge is 2.25. The van der Waals surface area contributed by atoms with Crippen molar-refractivity contribution in [1.29, 1.82) is 0 Å². The summed E-state index contributed by atoms with van der Waals surface area (Å²) in [4.78, 5) is 0. The van der Waals surface area contributed by atoms with Crippen molar-refractivity contribution in [2.75, 3.05) is 5.73 Å². The van der Waals surface area contributed by atoms with Gasteiger partial charge in [0.2, 0.25) is 5.88 Å². The zero-order valence-electron chi connectivity index (χ0n) is 9.62. The molecule has 1 aromatic heterocycles. The van der Waals surface area contributed by atoms with Gasteiger partial charge in [-0.05, 0) is 18.8 Å². The molecule has 1 aromatic rings. The molecule has 2 N–H and O–H groups in total. The van der Waals surface area contributed by atoms with Crippen LogP contribution in [-0.2, 0) is 0 Å². The van der Waals surface area contributed by atoms with Crippen molar-refractivity contribution in [2.45, 2.75) is 57.8 Å². The first kappa shape index (κ1) is 10.5. The lowest BCUT2D eigenvalue weighted by molar-refractivity contribution is 0.387. The third kappa shape index (κ3) is 2.01. The molecule has 0 aliphatic heterocycles. The fourth-order valence-electron chi connectivity index (χ4n) is 2.57. The summed E-state index contributed by atoms with van der Waals surface area (Å²) in [5, 5.41) is 4.16. The minimum atomic E-state index is 0.410. The maximum atomic E-state index is 5.82. The Morgan fingerprint density at radius 3 is 2.53 bits per heavy atom. The molecule has 1 saturated carbocycles. The quantitative estimate of drug-likeness (QED) is 0.810. The second kappa shape index (κ2) is 4.25. The van der Waals surface area contributed by atoms with Gasteiger partial charge in [0.1, 0.15) is 0 Å². The minimum absolute atomic E-state index is 0.410. The first-order valence-electron chi connectivity index (χ1n) is 5.95. The number of nitrogens with two attached hydrogens (primary N) is 1. The lowest BCUT2D eigenvalue weighted by Crippen LogP contribution is -2.08. The summed E-state index contributed by atoms with van der Waals surface area (Å²) in [6.07, 6.45) is 6.47. The second-order valence-electron chi connectivity index (χ2n) is 4.84. The van der Waals surface area contributed by atoms with E-state index < -0.39 is 0 Å². The molecule has 15 heavy (non-hydrogen) atoms. The van der Waals surface area contributed by atoms with Crippen LogP contribution in [0.2, 0.25) is 0 Å². The topological polar surface area (TPSA) is 52.0 Å². The van der Waals surface area contributed by atoms with E-state index in [2.05, 4.69) is 19.0 Å². The highest BCUT2D eigenvalue weighted by Crippen LogP contribution is 2.38. The summed E-state index contributed by atoms with van der Waals surface area (Å²) in [7, 11) is 0. The van der Waals surface area contributed by atoms with Crippen molar-refractivity contribution in [3.63, 3.8) is 0 Å². The van der Waals surface area contributed by atoms with Crippen molar-refractivity contribution in [3.8, 4) is 0 Å². The van der Waals surface area contributed by atoms with E-state index in [1.807, 2.05) is 0 Å². The first-order valence-corrected chi connectivity index (χ1v) is 5.95. The molecule has 3 nitrogen and oxygen atoms in total. The number of anilines is 1. The first-order chi connectivity index (χ1) is 7.20. The van der Waals surface area contributed by atoms with Crippen LogP contribution in [0.1, 0.15) is 69.0 Å². The average Bonchev–Trinajstić information content (AvgIpc) is 2.61. The summed E-state index contributed by atoms with van der Waals surface area (Å²) in [6, 6.07) is 0. The Labute approximate surface area is 91.0 Å². The van der Waals surface area contributed by atoms with Crippen LogP contribution < -0.4 is 5.73 Å². The van der Waals surface area contributed by atoms with E-state index >= 15 is 0 Å². The number of hydrogen-bond acceptors (Lipinski definition) is 3. The summed E-state index contributed by atoms with van der Waals surface area (Å²) in [5.74, 6) is 1.51. The number of nitrogen functional groups attached to an aromatic ring is 1. The molecule has 0 bridgehead atoms. The van der Waals surface area contributed by atoms with Gasteiger partial charge >= 0.3 is 0 Å². The van der Waals surface area contributed by atoms with Crippen LogP contribution in [0, 0.1) is 0 Å². The monoisotopic (exact) mass is 208 g/mol. The van der Waals surface area contributed by atoms with Gasteiger partial charge in [-0.1, -0.05) is 38.3 Å². The van der Waals surface area contributed by atoms with Gasteiger partial charge in [-0.2, -0.15) is 0 Å². The highest BCUT2D eigenvalue weighted by molar-refractivity contribution is 5.42. The zero-order valence-corrected chi connectivity index (χ0v) is 9.62. The van der Waals surface area contributed by atoms with E-state index in [1.165, 1.54) is 32.1 Å². The summed E-state index contributed by atoms with van der Waals surface area (Å²) in [5.41, 5.74) is 8.09. The van der Waals surface area contributed by atoms with Crippen molar-refractivity contribution >= 4 is 5.88 Å². The fourth-order valence-corrected chi connectivity index (χ4v) is 2.57. The maximum absolute atomic E-state index is 5.82. The minimum Gasteiger partial charge on any atom is -0.367 e. The van der Waals surface area contributed by atoms with E-state index in [0.29, 0.717) is 17.7 Å². The molecule has 0 amide bonds. The molecule has 0 atom stereocenters. The molecule has 0 aromatic carbocycles. The van der Waals surface area contributed by atoms with Crippen molar-refractivity contribution in [3.05, 3.63) is 11.3 Å². The van der Waals surface area contributed by atoms with Crippen molar-refractivity contribution < 1.29 is 4.52 Å². The van der Waals surface area contributed by atoms with Crippen molar-refractivity contribution in [1.82, 2.24) is 5.16 Å². The van der Waals surface area contributed by atoms with E-state index in [9.17, 15) is 0 Å². The van der Waals surface area contributed by atoms with Crippen LogP contribution in [-0.4, -0.2) is 5.16 Å². The molecule has 1 fully saturated rings. The Kier molecular flexibility index (Phi) is 2.98. The van der Waals surface area contributed by atoms with E-state index in [4.69, 9.17) is 10.3 Å². The second-order valence-corrected chi connectivity index (χ2v) is 4.84. The molecule has 0 saturated heterocycles. The van der Waals surface area contributed by atoms with Crippen molar-refractivity contribution in [2.24, 2.45) is 0 Å². The Hall–Kier alpha value is -0.990. The molecule has 0 spiro atoms. The van der Waals surface area contributed by atoms with Gasteiger partial charge in [-0.25, -0.2) is 0 Å². The number of aromatic nitrogens is 1. The Morgan fingerprint density at radius 2 is 1.93 bits per heavy atom. The van der Waals surface area contributed by atoms with E-state index in [1.54, 1.807) is 0 Å². The lowest BCUT2D eigenvalue weighted by atomic mass is 9.84. The molecule has 0 radical (unpaired) electrons. The van der Waals surface area contributed by atoms with Gasteiger partial charge in [-0.3, -0.25) is 0 Å². The summed E-state index contributed by atoms with van der Waals surface area (Å²) in [6.45, 7) is 4.30. The third-order valence-corrected chi connectivity index (χ3v) is 3.35. The molecule has 84 valence electrons. The van der Waals surface area contributed by atoms with Crippen LogP contribution >= 0.6 is 0 Å². The molecular formula is C12H20N2O. The largest absolute Gasteiger partial charge is 0.367 e. The molecule has 3 heteroatoms. The van der Waals surface area contributed by atoms with Gasteiger partial charge in [0.15, 0.2) is 0 Å². The average molecular weight is 208 g/mol. The lowest BCUT2D eigenvalue weighted by Gasteiger charge is -2.21. The fraction of sp³-hybridized carbons (Fsp3) is 0.750. The predicted octanol–water partition coefficient (Wildman–Crippen LogP) is 3.43. The molecule has 1 aliphatic carbocycles. The van der Waals surface area contributed by atoms with Gasteiger partial charge in [-0.15, -0.1) is 0 Å². The zero-order chi connectivity index (χ0) is 10.8. The Bertz CT molecular complexity index is 324. The number of hydrogen-bond donors (Lipinski definition) is 1. The Balaban J connectivity index is 2.26. The highest BCUT2D eigenvalue weighted by atomic mass is 16.5. The van der Waals surface area contributed by atoms with Gasteiger partial charge in [0.25, 0.3) is 0 Å².